The lowest BCUT2D eigenvalue weighted by Crippen LogP contribution is -2.61. The zero-order valence-corrected chi connectivity index (χ0v) is 35.4. The van der Waals surface area contributed by atoms with Gasteiger partial charge in [0.1, 0.15) is 23.9 Å². The Morgan fingerprint density at radius 3 is 2.15 bits per heavy atom. The molecule has 18 atom stereocenters. The van der Waals surface area contributed by atoms with Crippen molar-refractivity contribution in [3.63, 3.8) is 0 Å². The molecule has 3 rings (SSSR count). The molecule has 320 valence electrons. The van der Waals surface area contributed by atoms with Crippen LogP contribution in [0.25, 0.3) is 0 Å². The van der Waals surface area contributed by atoms with Crippen molar-refractivity contribution >= 4 is 11.9 Å². The van der Waals surface area contributed by atoms with Gasteiger partial charge in [0.05, 0.1) is 60.2 Å². The Morgan fingerprint density at radius 2 is 1.58 bits per heavy atom. The maximum atomic E-state index is 14.3. The smallest absolute Gasteiger partial charge is 0.311 e. The van der Waals surface area contributed by atoms with Crippen LogP contribution in [-0.4, -0.2) is 155 Å². The molecule has 55 heavy (non-hydrogen) atoms. The summed E-state index contributed by atoms with van der Waals surface area (Å²) in [5.41, 5.74) is -4.32. The van der Waals surface area contributed by atoms with E-state index in [4.69, 9.17) is 33.2 Å². The molecule has 3 aliphatic rings. The summed E-state index contributed by atoms with van der Waals surface area (Å²) in [5, 5.41) is 48.7. The van der Waals surface area contributed by atoms with Crippen molar-refractivity contribution in [1.82, 2.24) is 10.2 Å². The number of esters is 1. The van der Waals surface area contributed by atoms with Crippen LogP contribution in [0.3, 0.4) is 0 Å². The predicted octanol–water partition coefficient (Wildman–Crippen LogP) is 2.30. The first-order chi connectivity index (χ1) is 25.5. The average Bonchev–Trinajstić information content (AvgIpc) is 3.12. The van der Waals surface area contributed by atoms with Gasteiger partial charge in [-0.2, -0.15) is 0 Å². The lowest BCUT2D eigenvalue weighted by atomic mass is 9.78. The van der Waals surface area contributed by atoms with Crippen LogP contribution in [0.5, 0.6) is 0 Å². The first-order valence-electron chi connectivity index (χ1n) is 19.8. The first-order valence-corrected chi connectivity index (χ1v) is 19.8. The van der Waals surface area contributed by atoms with Crippen LogP contribution in [0.4, 0.5) is 0 Å². The van der Waals surface area contributed by atoms with Crippen LogP contribution in [0.1, 0.15) is 94.9 Å². The molecule has 0 aromatic heterocycles. The molecule has 15 heteroatoms. The summed E-state index contributed by atoms with van der Waals surface area (Å²) in [6.07, 6.45) is -7.38. The second-order valence-corrected chi connectivity index (χ2v) is 17.1. The van der Waals surface area contributed by atoms with E-state index in [2.05, 4.69) is 11.9 Å². The van der Waals surface area contributed by atoms with Crippen LogP contribution in [-0.2, 0) is 42.7 Å². The fourth-order valence-corrected chi connectivity index (χ4v) is 8.64. The van der Waals surface area contributed by atoms with Gasteiger partial charge in [0.25, 0.3) is 0 Å². The maximum absolute atomic E-state index is 14.3. The number of hydrogen-bond acceptors (Lipinski definition) is 14. The van der Waals surface area contributed by atoms with E-state index in [1.54, 1.807) is 40.7 Å². The molecule has 3 aliphatic heterocycles. The van der Waals surface area contributed by atoms with Gasteiger partial charge >= 0.3 is 5.97 Å². The van der Waals surface area contributed by atoms with Gasteiger partial charge in [-0.1, -0.05) is 26.8 Å². The predicted molar refractivity (Wildman–Crippen MR) is 204 cm³/mol. The van der Waals surface area contributed by atoms with Crippen LogP contribution >= 0.6 is 0 Å². The number of nitrogens with zero attached hydrogens (tertiary/aromatic N) is 1. The minimum Gasteiger partial charge on any atom is -0.459 e. The topological polar surface area (TPSA) is 195 Å². The van der Waals surface area contributed by atoms with Gasteiger partial charge in [-0.25, -0.2) is 0 Å². The molecule has 0 bridgehead atoms. The molecule has 0 saturated carbocycles. The number of carbonyl (C=O) groups is 2. The number of aliphatic hydroxyl groups excluding tert-OH is 3. The third-order valence-corrected chi connectivity index (χ3v) is 12.2. The van der Waals surface area contributed by atoms with Crippen molar-refractivity contribution < 1.29 is 63.2 Å². The molecule has 1 amide bonds. The Hall–Kier alpha value is -1.76. The largest absolute Gasteiger partial charge is 0.459 e. The molecule has 3 saturated heterocycles. The molecule has 5 N–H and O–H groups in total. The quantitative estimate of drug-likeness (QED) is 0.160. The van der Waals surface area contributed by atoms with E-state index in [1.165, 1.54) is 21.0 Å². The van der Waals surface area contributed by atoms with Crippen molar-refractivity contribution in [2.24, 2.45) is 17.8 Å². The molecule has 0 unspecified atom stereocenters. The fourth-order valence-electron chi connectivity index (χ4n) is 8.64. The molecule has 0 spiro atoms. The highest BCUT2D eigenvalue weighted by Gasteiger charge is 2.53. The van der Waals surface area contributed by atoms with E-state index in [0.29, 0.717) is 6.42 Å². The van der Waals surface area contributed by atoms with Gasteiger partial charge in [0.15, 0.2) is 12.6 Å². The zero-order chi connectivity index (χ0) is 41.8. The SMILES string of the molecule is C=CCO[C@]1(C)C[C@@H](C)NC(=O)[C@H](C)[C@@H](O)[C@](C)(O)[C@@H](CC)OC(=O)[C@H](C)[C@@H](O[C@@H]2C[C@@](C)(OC)[C@@H](O)[C@H](C)O2)[C@H](C)[C@H]1O[C@@H]1O[C@H](C)C[C@H](N(C)C)[C@H]1O. The molecule has 15 nitrogen and oxygen atoms in total. The summed E-state index contributed by atoms with van der Waals surface area (Å²) in [6, 6.07) is -0.869. The monoisotopic (exact) mass is 789 g/mol. The zero-order valence-electron chi connectivity index (χ0n) is 35.4. The summed E-state index contributed by atoms with van der Waals surface area (Å²) in [7, 11) is 5.26. The number of cyclic esters (lactones) is 1. The Kier molecular flexibility index (Phi) is 16.7. The Labute approximate surface area is 328 Å². The van der Waals surface area contributed by atoms with Gasteiger partial charge in [0.2, 0.25) is 5.91 Å². The highest BCUT2D eigenvalue weighted by atomic mass is 16.7. The number of likely N-dealkylation sites (N-methyl/N-ethyl adjacent to an activating group) is 1. The summed E-state index contributed by atoms with van der Waals surface area (Å²) in [5.74, 6) is -4.15. The molecule has 3 heterocycles. The van der Waals surface area contributed by atoms with E-state index >= 15 is 0 Å². The number of ether oxygens (including phenoxy) is 7. The number of hydrogen-bond donors (Lipinski definition) is 5. The van der Waals surface area contributed by atoms with E-state index in [-0.39, 0.29) is 38.0 Å². The highest BCUT2D eigenvalue weighted by molar-refractivity contribution is 5.79. The summed E-state index contributed by atoms with van der Waals surface area (Å²) in [6.45, 7) is 21.0. The second-order valence-electron chi connectivity index (χ2n) is 17.1. The Bertz CT molecular complexity index is 1270. The molecule has 0 aromatic rings. The molecule has 0 aromatic carbocycles. The summed E-state index contributed by atoms with van der Waals surface area (Å²) >= 11 is 0. The van der Waals surface area contributed by atoms with Crippen molar-refractivity contribution in [2.45, 2.75) is 185 Å². The van der Waals surface area contributed by atoms with Gasteiger partial charge in [-0.15, -0.1) is 6.58 Å². The Balaban J connectivity index is 2.27. The minimum absolute atomic E-state index is 0.0845. The number of carbonyl (C=O) groups excluding carboxylic acids is 2. The first kappa shape index (κ1) is 47.6. The molecular weight excluding hydrogens is 716 g/mol. The molecule has 3 fully saturated rings. The summed E-state index contributed by atoms with van der Waals surface area (Å²) < 4.78 is 44.5. The van der Waals surface area contributed by atoms with Crippen LogP contribution < -0.4 is 5.32 Å². The second kappa shape index (κ2) is 19.3. The number of amides is 1. The number of methoxy groups -OCH3 is 1. The van der Waals surface area contributed by atoms with E-state index < -0.39 is 108 Å². The van der Waals surface area contributed by atoms with Crippen molar-refractivity contribution in [3.05, 3.63) is 12.7 Å². The lowest BCUT2D eigenvalue weighted by molar-refractivity contribution is -0.320. The standard InChI is InChI=1S/C40H72N2O13/c1-15-17-50-39(10)19-21(3)41-35(46)25(7)32(44)40(11,48)28(16-2)53-36(47)24(6)31(54-29-20-38(9,49-14)33(45)26(8)52-29)23(5)34(39)55-37-30(43)27(42(12)13)18-22(4)51-37/h15,21-34,37,43-45,48H,1,16-20H2,2-14H3,(H,41,46)/t21-,22-,23+,24-,25-,26+,27+,28-,29-,30-,31+,32-,33+,34-,37+,38-,39-,40-/m1/s1. The lowest BCUT2D eigenvalue weighted by Gasteiger charge is -2.49. The highest BCUT2D eigenvalue weighted by Crippen LogP contribution is 2.41. The Morgan fingerprint density at radius 1 is 0.945 bits per heavy atom. The fraction of sp³-hybridized carbons (Fsp3) is 0.900. The van der Waals surface area contributed by atoms with E-state index in [9.17, 15) is 30.0 Å². The van der Waals surface area contributed by atoms with Gasteiger partial charge < -0.3 is 63.8 Å². The third-order valence-electron chi connectivity index (χ3n) is 12.2. The number of nitrogens with one attached hydrogen (secondary N) is 1. The van der Waals surface area contributed by atoms with Gasteiger partial charge in [0, 0.05) is 31.5 Å². The summed E-state index contributed by atoms with van der Waals surface area (Å²) in [4.78, 5) is 29.9. The molecule has 0 radical (unpaired) electrons. The van der Waals surface area contributed by atoms with Crippen molar-refractivity contribution in [2.75, 3.05) is 27.8 Å². The number of rotatable bonds is 10. The van der Waals surface area contributed by atoms with Crippen molar-refractivity contribution in [1.29, 1.82) is 0 Å². The van der Waals surface area contributed by atoms with E-state index in [0.717, 1.165) is 0 Å². The van der Waals surface area contributed by atoms with Crippen LogP contribution in [0.15, 0.2) is 12.7 Å². The van der Waals surface area contributed by atoms with Gasteiger partial charge in [-0.3, -0.25) is 9.59 Å². The maximum Gasteiger partial charge on any atom is 0.311 e. The van der Waals surface area contributed by atoms with Crippen LogP contribution in [0.2, 0.25) is 0 Å². The number of aliphatic hydroxyl groups is 4. The third kappa shape index (κ3) is 10.8. The normalized spacial score (nSPS) is 47.0. The molecular formula is C40H72N2O13. The van der Waals surface area contributed by atoms with Crippen molar-refractivity contribution in [3.8, 4) is 0 Å². The minimum atomic E-state index is -2.01. The van der Waals surface area contributed by atoms with E-state index in [1.807, 2.05) is 39.8 Å². The van der Waals surface area contributed by atoms with Gasteiger partial charge in [-0.05, 0) is 81.8 Å². The molecule has 0 aliphatic carbocycles. The average molecular weight is 789 g/mol. The van der Waals surface area contributed by atoms with Crippen LogP contribution in [0, 0.1) is 17.8 Å².